The predicted octanol–water partition coefficient (Wildman–Crippen LogP) is 3.02. The Kier molecular flexibility index (Phi) is 4.44. The maximum absolute atomic E-state index is 13.9. The predicted molar refractivity (Wildman–Crippen MR) is 69.7 cm³/mol. The molecule has 1 atom stereocenters. The number of hydrogen-bond acceptors (Lipinski definition) is 2. The van der Waals surface area contributed by atoms with Gasteiger partial charge in [0.05, 0.1) is 12.2 Å². The van der Waals surface area contributed by atoms with E-state index in [9.17, 15) is 13.2 Å². The Hall–Kier alpha value is -1.82. The van der Waals surface area contributed by atoms with Gasteiger partial charge >= 0.3 is 0 Å². The van der Waals surface area contributed by atoms with Crippen molar-refractivity contribution in [1.29, 1.82) is 0 Å². The fraction of sp³-hybridized carbons (Fsp3) is 0.357. The second-order valence-corrected chi connectivity index (χ2v) is 4.38. The highest BCUT2D eigenvalue weighted by molar-refractivity contribution is 5.31. The van der Waals surface area contributed by atoms with Gasteiger partial charge in [0.15, 0.2) is 17.5 Å². The second kappa shape index (κ2) is 6.09. The van der Waals surface area contributed by atoms with Crippen molar-refractivity contribution < 1.29 is 13.2 Å². The van der Waals surface area contributed by atoms with Gasteiger partial charge in [-0.2, -0.15) is 5.10 Å². The van der Waals surface area contributed by atoms with Crippen LogP contribution in [0.1, 0.15) is 31.0 Å². The maximum atomic E-state index is 13.9. The average molecular weight is 283 g/mol. The summed E-state index contributed by atoms with van der Waals surface area (Å²) in [4.78, 5) is 0. The van der Waals surface area contributed by atoms with E-state index in [4.69, 9.17) is 0 Å². The third-order valence-electron chi connectivity index (χ3n) is 3.09. The van der Waals surface area contributed by atoms with Crippen molar-refractivity contribution in [2.75, 3.05) is 6.54 Å². The number of aryl methyl sites for hydroxylation is 1. The number of nitrogens with one attached hydrogen (secondary N) is 1. The Balaban J connectivity index is 2.45. The van der Waals surface area contributed by atoms with E-state index < -0.39 is 23.5 Å². The van der Waals surface area contributed by atoms with Crippen molar-refractivity contribution >= 4 is 0 Å². The molecular formula is C14H16F3N3. The molecule has 1 aromatic heterocycles. The van der Waals surface area contributed by atoms with Crippen LogP contribution < -0.4 is 5.32 Å². The Morgan fingerprint density at radius 3 is 2.55 bits per heavy atom. The molecule has 0 spiro atoms. The normalized spacial score (nSPS) is 12.7. The molecule has 6 heteroatoms. The molecule has 20 heavy (non-hydrogen) atoms. The Morgan fingerprint density at radius 1 is 1.20 bits per heavy atom. The zero-order chi connectivity index (χ0) is 14.7. The molecule has 1 aromatic carbocycles. The molecule has 2 rings (SSSR count). The SMILES string of the molecule is CCNC(c1cnn(CC)c1)c1ccc(F)c(F)c1F. The van der Waals surface area contributed by atoms with Gasteiger partial charge in [0.2, 0.25) is 0 Å². The quantitative estimate of drug-likeness (QED) is 0.855. The van der Waals surface area contributed by atoms with Crippen LogP contribution in [0, 0.1) is 17.5 Å². The van der Waals surface area contributed by atoms with Gasteiger partial charge in [-0.15, -0.1) is 0 Å². The molecule has 0 saturated heterocycles. The molecule has 2 aromatic rings. The van der Waals surface area contributed by atoms with E-state index in [2.05, 4.69) is 10.4 Å². The molecule has 0 radical (unpaired) electrons. The summed E-state index contributed by atoms with van der Waals surface area (Å²) in [5.41, 5.74) is 0.778. The first-order valence-electron chi connectivity index (χ1n) is 6.47. The Labute approximate surface area is 115 Å². The van der Waals surface area contributed by atoms with Crippen LogP contribution in [0.5, 0.6) is 0 Å². The summed E-state index contributed by atoms with van der Waals surface area (Å²) in [7, 11) is 0. The minimum Gasteiger partial charge on any atom is -0.306 e. The van der Waals surface area contributed by atoms with Crippen molar-refractivity contribution in [2.45, 2.75) is 26.4 Å². The first-order valence-corrected chi connectivity index (χ1v) is 6.47. The number of rotatable bonds is 5. The minimum absolute atomic E-state index is 0.0707. The molecule has 3 nitrogen and oxygen atoms in total. The molecule has 0 aliphatic heterocycles. The van der Waals surface area contributed by atoms with Crippen LogP contribution in [-0.2, 0) is 6.54 Å². The molecule has 0 aliphatic rings. The molecule has 1 N–H and O–H groups in total. The van der Waals surface area contributed by atoms with Crippen LogP contribution >= 0.6 is 0 Å². The van der Waals surface area contributed by atoms with Crippen LogP contribution in [-0.4, -0.2) is 16.3 Å². The molecule has 1 unspecified atom stereocenters. The fourth-order valence-corrected chi connectivity index (χ4v) is 2.08. The zero-order valence-electron chi connectivity index (χ0n) is 11.3. The van der Waals surface area contributed by atoms with Crippen molar-refractivity contribution in [3.8, 4) is 0 Å². The van der Waals surface area contributed by atoms with Crippen LogP contribution in [0.15, 0.2) is 24.5 Å². The Morgan fingerprint density at radius 2 is 1.95 bits per heavy atom. The summed E-state index contributed by atoms with van der Waals surface area (Å²) in [6.07, 6.45) is 3.35. The molecule has 0 saturated carbocycles. The van der Waals surface area contributed by atoms with E-state index in [1.54, 1.807) is 17.1 Å². The van der Waals surface area contributed by atoms with Gasteiger partial charge in [-0.1, -0.05) is 13.0 Å². The lowest BCUT2D eigenvalue weighted by Crippen LogP contribution is -2.23. The summed E-state index contributed by atoms with van der Waals surface area (Å²) >= 11 is 0. The van der Waals surface area contributed by atoms with Gasteiger partial charge in [-0.3, -0.25) is 4.68 Å². The standard InChI is InChI=1S/C14H16F3N3/c1-3-18-14(9-7-19-20(4-2)8-9)10-5-6-11(15)13(17)12(10)16/h5-8,14,18H,3-4H2,1-2H3. The maximum Gasteiger partial charge on any atom is 0.194 e. The first kappa shape index (κ1) is 14.6. The van der Waals surface area contributed by atoms with E-state index in [1.807, 2.05) is 13.8 Å². The van der Waals surface area contributed by atoms with Gasteiger partial charge < -0.3 is 5.32 Å². The van der Waals surface area contributed by atoms with Crippen LogP contribution in [0.3, 0.4) is 0 Å². The molecular weight excluding hydrogens is 267 g/mol. The third kappa shape index (κ3) is 2.70. The lowest BCUT2D eigenvalue weighted by molar-refractivity contribution is 0.433. The van der Waals surface area contributed by atoms with E-state index in [-0.39, 0.29) is 5.56 Å². The number of hydrogen-bond donors (Lipinski definition) is 1. The van der Waals surface area contributed by atoms with Gasteiger partial charge in [0.25, 0.3) is 0 Å². The molecule has 0 bridgehead atoms. The largest absolute Gasteiger partial charge is 0.306 e. The highest BCUT2D eigenvalue weighted by atomic mass is 19.2. The topological polar surface area (TPSA) is 29.9 Å². The fourth-order valence-electron chi connectivity index (χ4n) is 2.08. The molecule has 0 amide bonds. The van der Waals surface area contributed by atoms with Gasteiger partial charge in [0.1, 0.15) is 0 Å². The van der Waals surface area contributed by atoms with Gasteiger partial charge in [-0.25, -0.2) is 13.2 Å². The molecule has 1 heterocycles. The third-order valence-corrected chi connectivity index (χ3v) is 3.09. The molecule has 108 valence electrons. The summed E-state index contributed by atoms with van der Waals surface area (Å²) in [6.45, 7) is 5.02. The highest BCUT2D eigenvalue weighted by Gasteiger charge is 2.22. The summed E-state index contributed by atoms with van der Waals surface area (Å²) in [6, 6.07) is 1.63. The van der Waals surface area contributed by atoms with Crippen molar-refractivity contribution in [3.05, 3.63) is 53.1 Å². The first-order chi connectivity index (χ1) is 9.58. The number of halogens is 3. The van der Waals surface area contributed by atoms with Gasteiger partial charge in [0, 0.05) is 23.9 Å². The van der Waals surface area contributed by atoms with Gasteiger partial charge in [-0.05, 0) is 19.5 Å². The molecule has 0 fully saturated rings. The lowest BCUT2D eigenvalue weighted by atomic mass is 10.0. The zero-order valence-corrected chi connectivity index (χ0v) is 11.3. The Bertz CT molecular complexity index is 595. The van der Waals surface area contributed by atoms with Crippen molar-refractivity contribution in [2.24, 2.45) is 0 Å². The van der Waals surface area contributed by atoms with E-state index in [0.717, 1.165) is 6.07 Å². The summed E-state index contributed by atoms with van der Waals surface area (Å²) in [5, 5.41) is 7.18. The molecule has 0 aliphatic carbocycles. The van der Waals surface area contributed by atoms with Crippen LogP contribution in [0.4, 0.5) is 13.2 Å². The van der Waals surface area contributed by atoms with E-state index in [0.29, 0.717) is 18.7 Å². The van der Waals surface area contributed by atoms with Crippen LogP contribution in [0.2, 0.25) is 0 Å². The lowest BCUT2D eigenvalue weighted by Gasteiger charge is -2.18. The average Bonchev–Trinajstić information content (AvgIpc) is 2.92. The van der Waals surface area contributed by atoms with Crippen molar-refractivity contribution in [3.63, 3.8) is 0 Å². The van der Waals surface area contributed by atoms with E-state index in [1.165, 1.54) is 6.07 Å². The van der Waals surface area contributed by atoms with Crippen molar-refractivity contribution in [1.82, 2.24) is 15.1 Å². The van der Waals surface area contributed by atoms with E-state index >= 15 is 0 Å². The smallest absolute Gasteiger partial charge is 0.194 e. The summed E-state index contributed by atoms with van der Waals surface area (Å²) < 4.78 is 42.0. The number of aromatic nitrogens is 2. The second-order valence-electron chi connectivity index (χ2n) is 4.38. The minimum atomic E-state index is -1.45. The highest BCUT2D eigenvalue weighted by Crippen LogP contribution is 2.26. The van der Waals surface area contributed by atoms with Crippen LogP contribution in [0.25, 0.3) is 0 Å². The summed E-state index contributed by atoms with van der Waals surface area (Å²) in [5.74, 6) is -3.81. The number of benzene rings is 1. The monoisotopic (exact) mass is 283 g/mol. The number of nitrogens with zero attached hydrogens (tertiary/aromatic N) is 2.